The minimum atomic E-state index is -2.59. The van der Waals surface area contributed by atoms with Gasteiger partial charge in [0.25, 0.3) is 0 Å². The largest absolute Gasteiger partial charge is 0.481 e. The lowest BCUT2D eigenvalue weighted by Crippen LogP contribution is -2.10. The predicted octanol–water partition coefficient (Wildman–Crippen LogP) is -0.0703. The van der Waals surface area contributed by atoms with Crippen LogP contribution in [0.25, 0.3) is 0 Å². The fraction of sp³-hybridized carbons (Fsp3) is 0.222. The molecule has 0 unspecified atom stereocenters. The van der Waals surface area contributed by atoms with Crippen LogP contribution in [0.15, 0.2) is 24.3 Å². The van der Waals surface area contributed by atoms with E-state index in [4.69, 9.17) is 5.11 Å². The Balaban J connectivity index is 2.59. The van der Waals surface area contributed by atoms with Gasteiger partial charge in [-0.15, -0.1) is 0 Å². The van der Waals surface area contributed by atoms with Gasteiger partial charge in [-0.2, -0.15) is 0 Å². The molecule has 0 fully saturated rings. The maximum atomic E-state index is 10.4. The fourth-order valence-corrected chi connectivity index (χ4v) is 1.42. The Labute approximate surface area is 88.8 Å². The average molecular weight is 229 g/mol. The Kier molecular flexibility index (Phi) is 4.26. The van der Waals surface area contributed by atoms with Gasteiger partial charge >= 0.3 is 5.97 Å². The van der Waals surface area contributed by atoms with Crippen molar-refractivity contribution in [2.75, 3.05) is 0 Å². The van der Waals surface area contributed by atoms with Crippen LogP contribution in [0.2, 0.25) is 0 Å². The average Bonchev–Trinajstić information content (AvgIpc) is 2.16. The lowest BCUT2D eigenvalue weighted by Gasteiger charge is -2.00. The number of thiol groups is 1. The molecule has 1 rings (SSSR count). The van der Waals surface area contributed by atoms with Crippen molar-refractivity contribution in [3.63, 3.8) is 0 Å². The fourth-order valence-electron chi connectivity index (χ4n) is 1.11. The number of aliphatic carboxylic acids is 1. The molecule has 1 aromatic carbocycles. The van der Waals surface area contributed by atoms with Crippen molar-refractivity contribution in [3.8, 4) is 0 Å². The minimum absolute atomic E-state index is 0.0243. The summed E-state index contributed by atoms with van der Waals surface area (Å²) in [6.45, 7) is 0.228. The van der Waals surface area contributed by atoms with E-state index in [-0.39, 0.29) is 13.0 Å². The molecular formula is C9H11NO4S. The van der Waals surface area contributed by atoms with E-state index in [2.05, 4.69) is 4.72 Å². The lowest BCUT2D eigenvalue weighted by atomic mass is 10.1. The molecule has 5 nitrogen and oxygen atoms in total. The van der Waals surface area contributed by atoms with Crippen molar-refractivity contribution in [3.05, 3.63) is 35.4 Å². The van der Waals surface area contributed by atoms with Crippen LogP contribution < -0.4 is 4.72 Å². The number of carboxylic acid groups (broad SMARTS) is 1. The first-order valence-electron chi connectivity index (χ1n) is 4.25. The smallest absolute Gasteiger partial charge is 0.307 e. The van der Waals surface area contributed by atoms with Crippen molar-refractivity contribution in [1.29, 1.82) is 0 Å². The van der Waals surface area contributed by atoms with E-state index < -0.39 is 16.9 Å². The standard InChI is InChI=1S/C9H11NO4S/c11-9(12)5-7-1-3-8(4-2-7)6-10-15(13)14/h1-4,15H,5-6H2,(H,11,12)(H,10,13,14). The lowest BCUT2D eigenvalue weighted by molar-refractivity contribution is -0.136. The highest BCUT2D eigenvalue weighted by Gasteiger charge is 2.00. The highest BCUT2D eigenvalue weighted by Crippen LogP contribution is 2.04. The van der Waals surface area contributed by atoms with Gasteiger partial charge in [0.05, 0.1) is 6.42 Å². The van der Waals surface area contributed by atoms with E-state index in [0.29, 0.717) is 5.56 Å². The van der Waals surface area contributed by atoms with Gasteiger partial charge in [-0.25, -0.2) is 13.1 Å². The number of benzene rings is 1. The molecule has 0 heterocycles. The maximum Gasteiger partial charge on any atom is 0.307 e. The monoisotopic (exact) mass is 229 g/mol. The Bertz CT molecular complexity index is 403. The number of nitrogens with one attached hydrogen (secondary N) is 1. The van der Waals surface area contributed by atoms with Gasteiger partial charge in [0.15, 0.2) is 0 Å². The zero-order chi connectivity index (χ0) is 11.3. The first kappa shape index (κ1) is 11.7. The predicted molar refractivity (Wildman–Crippen MR) is 54.9 cm³/mol. The summed E-state index contributed by atoms with van der Waals surface area (Å²) in [6.07, 6.45) is -0.0243. The molecule has 0 aliphatic rings. The number of hydrogen-bond acceptors (Lipinski definition) is 3. The second kappa shape index (κ2) is 5.47. The summed E-state index contributed by atoms with van der Waals surface area (Å²) >= 11 is 0. The van der Waals surface area contributed by atoms with Crippen molar-refractivity contribution in [2.45, 2.75) is 13.0 Å². The van der Waals surface area contributed by atoms with Gasteiger partial charge in [-0.3, -0.25) is 4.79 Å². The molecule has 0 amide bonds. The molecule has 0 atom stereocenters. The molecule has 1 aromatic rings. The molecular weight excluding hydrogens is 218 g/mol. The molecule has 15 heavy (non-hydrogen) atoms. The van der Waals surface area contributed by atoms with Crippen molar-refractivity contribution >= 4 is 16.9 Å². The van der Waals surface area contributed by atoms with Crippen LogP contribution in [0.5, 0.6) is 0 Å². The van der Waals surface area contributed by atoms with Gasteiger partial charge in [-0.05, 0) is 11.1 Å². The van der Waals surface area contributed by atoms with E-state index in [1.807, 2.05) is 0 Å². The van der Waals surface area contributed by atoms with Crippen LogP contribution in [-0.2, 0) is 28.7 Å². The molecule has 0 saturated carbocycles. The first-order valence-corrected chi connectivity index (χ1v) is 5.43. The van der Waals surface area contributed by atoms with Crippen LogP contribution in [0, 0.1) is 0 Å². The van der Waals surface area contributed by atoms with Crippen LogP contribution >= 0.6 is 0 Å². The number of carboxylic acids is 1. The Morgan fingerprint density at radius 1 is 1.20 bits per heavy atom. The third-order valence-corrected chi connectivity index (χ3v) is 2.21. The van der Waals surface area contributed by atoms with E-state index >= 15 is 0 Å². The Morgan fingerprint density at radius 2 is 1.73 bits per heavy atom. The van der Waals surface area contributed by atoms with Crippen LogP contribution in [-0.4, -0.2) is 19.5 Å². The summed E-state index contributed by atoms with van der Waals surface area (Å²) in [4.78, 5) is 10.4. The molecule has 0 radical (unpaired) electrons. The van der Waals surface area contributed by atoms with Gasteiger partial charge in [0, 0.05) is 6.54 Å². The van der Waals surface area contributed by atoms with E-state index in [1.165, 1.54) is 0 Å². The third-order valence-electron chi connectivity index (χ3n) is 1.79. The van der Waals surface area contributed by atoms with E-state index in [1.54, 1.807) is 24.3 Å². The molecule has 0 aromatic heterocycles. The minimum Gasteiger partial charge on any atom is -0.481 e. The summed E-state index contributed by atoms with van der Waals surface area (Å²) in [6, 6.07) is 6.74. The summed E-state index contributed by atoms with van der Waals surface area (Å²) < 4.78 is 22.7. The summed E-state index contributed by atoms with van der Waals surface area (Å²) in [5.41, 5.74) is 1.49. The summed E-state index contributed by atoms with van der Waals surface area (Å²) in [7, 11) is -2.59. The molecule has 82 valence electrons. The summed E-state index contributed by atoms with van der Waals surface area (Å²) in [5.74, 6) is -0.886. The molecule has 6 heteroatoms. The van der Waals surface area contributed by atoms with Crippen LogP contribution in [0.4, 0.5) is 0 Å². The zero-order valence-electron chi connectivity index (χ0n) is 7.84. The molecule has 0 aliphatic carbocycles. The quantitative estimate of drug-likeness (QED) is 0.617. The summed E-state index contributed by atoms with van der Waals surface area (Å²) in [5, 5.41) is 8.52. The second-order valence-corrected chi connectivity index (χ2v) is 3.81. The highest BCUT2D eigenvalue weighted by molar-refractivity contribution is 7.70. The Morgan fingerprint density at radius 3 is 2.20 bits per heavy atom. The van der Waals surface area contributed by atoms with Gasteiger partial charge in [0.1, 0.15) is 0 Å². The molecule has 2 N–H and O–H groups in total. The van der Waals surface area contributed by atoms with Crippen molar-refractivity contribution < 1.29 is 18.3 Å². The van der Waals surface area contributed by atoms with Gasteiger partial charge in [0.2, 0.25) is 10.9 Å². The SMILES string of the molecule is O=C(O)Cc1ccc(CN[SH](=O)=O)cc1. The number of rotatable bonds is 5. The van der Waals surface area contributed by atoms with Gasteiger partial charge < -0.3 is 5.11 Å². The van der Waals surface area contributed by atoms with Crippen LogP contribution in [0.3, 0.4) is 0 Å². The molecule has 0 bridgehead atoms. The second-order valence-electron chi connectivity index (χ2n) is 2.98. The van der Waals surface area contributed by atoms with Crippen molar-refractivity contribution in [2.24, 2.45) is 0 Å². The topological polar surface area (TPSA) is 83.5 Å². The highest BCUT2D eigenvalue weighted by atomic mass is 32.2. The molecule has 0 spiro atoms. The van der Waals surface area contributed by atoms with E-state index in [0.717, 1.165) is 5.56 Å². The Hall–Kier alpha value is -1.40. The molecule has 0 aliphatic heterocycles. The normalized spacial score (nSPS) is 10.5. The zero-order valence-corrected chi connectivity index (χ0v) is 8.74. The maximum absolute atomic E-state index is 10.4. The third kappa shape index (κ3) is 4.57. The number of hydrogen-bond donors (Lipinski definition) is 3. The van der Waals surface area contributed by atoms with Gasteiger partial charge in [-0.1, -0.05) is 24.3 Å². The first-order chi connectivity index (χ1) is 7.08. The van der Waals surface area contributed by atoms with Crippen molar-refractivity contribution in [1.82, 2.24) is 4.72 Å². The van der Waals surface area contributed by atoms with Crippen LogP contribution in [0.1, 0.15) is 11.1 Å². The molecule has 0 saturated heterocycles. The number of carbonyl (C=O) groups is 1. The van der Waals surface area contributed by atoms with E-state index in [9.17, 15) is 13.2 Å².